The summed E-state index contributed by atoms with van der Waals surface area (Å²) < 4.78 is 27.1. The lowest BCUT2D eigenvalue weighted by atomic mass is 9.93. The van der Waals surface area contributed by atoms with Gasteiger partial charge >= 0.3 is 0 Å². The van der Waals surface area contributed by atoms with Crippen LogP contribution in [0, 0.1) is 0 Å². The van der Waals surface area contributed by atoms with E-state index >= 15 is 0 Å². The van der Waals surface area contributed by atoms with Gasteiger partial charge in [-0.2, -0.15) is 10.1 Å². The monoisotopic (exact) mass is 402 g/mol. The molecule has 3 N–H and O–H groups in total. The second-order valence-corrected chi connectivity index (χ2v) is 8.84. The average molecular weight is 402 g/mol. The maximum Gasteiger partial charge on any atom is 0.229 e. The first kappa shape index (κ1) is 18.6. The Kier molecular flexibility index (Phi) is 4.90. The quantitative estimate of drug-likeness (QED) is 0.596. The number of benzene rings is 1. The van der Waals surface area contributed by atoms with Gasteiger partial charge in [0.25, 0.3) is 0 Å². The molecule has 28 heavy (non-hydrogen) atoms. The lowest BCUT2D eigenvalue weighted by molar-refractivity contribution is 0.126. The van der Waals surface area contributed by atoms with E-state index in [-0.39, 0.29) is 12.1 Å². The van der Waals surface area contributed by atoms with Crippen molar-refractivity contribution < 1.29 is 13.5 Å². The van der Waals surface area contributed by atoms with Crippen LogP contribution in [0.3, 0.4) is 0 Å². The predicted octanol–water partition coefficient (Wildman–Crippen LogP) is 1.90. The summed E-state index contributed by atoms with van der Waals surface area (Å²) in [6.07, 6.45) is 7.57. The molecule has 0 saturated heterocycles. The largest absolute Gasteiger partial charge is 0.393 e. The Hall–Kier alpha value is -2.72. The minimum atomic E-state index is -3.37. The van der Waals surface area contributed by atoms with E-state index < -0.39 is 10.0 Å². The molecule has 2 aromatic heterocycles. The molecule has 2 heterocycles. The Bertz CT molecular complexity index is 1090. The molecule has 3 aromatic rings. The van der Waals surface area contributed by atoms with Crippen molar-refractivity contribution in [3.63, 3.8) is 0 Å². The maximum absolute atomic E-state index is 11.5. The van der Waals surface area contributed by atoms with Crippen molar-refractivity contribution in [2.45, 2.75) is 37.8 Å². The van der Waals surface area contributed by atoms with Crippen LogP contribution in [0.4, 0.5) is 11.6 Å². The first-order valence-electron chi connectivity index (χ1n) is 9.11. The number of sulfonamides is 1. The van der Waals surface area contributed by atoms with Crippen LogP contribution in [0.1, 0.15) is 25.7 Å². The van der Waals surface area contributed by atoms with Gasteiger partial charge in [-0.25, -0.2) is 18.1 Å². The Morgan fingerprint density at radius 3 is 2.71 bits per heavy atom. The molecule has 0 amide bonds. The lowest BCUT2D eigenvalue weighted by Gasteiger charge is -2.26. The van der Waals surface area contributed by atoms with Crippen molar-refractivity contribution in [3.8, 4) is 5.82 Å². The molecule has 1 aliphatic rings. The molecule has 10 heteroatoms. The van der Waals surface area contributed by atoms with Gasteiger partial charge < -0.3 is 10.4 Å². The first-order chi connectivity index (χ1) is 13.4. The minimum absolute atomic E-state index is 0.213. The third-order valence-corrected chi connectivity index (χ3v) is 5.37. The fraction of sp³-hybridized carbons (Fsp3) is 0.389. The average Bonchev–Trinajstić information content (AvgIpc) is 3.06. The van der Waals surface area contributed by atoms with E-state index in [1.165, 1.54) is 0 Å². The molecule has 0 spiro atoms. The minimum Gasteiger partial charge on any atom is -0.393 e. The van der Waals surface area contributed by atoms with Crippen LogP contribution in [0.15, 0.2) is 36.7 Å². The molecule has 0 bridgehead atoms. The zero-order valence-electron chi connectivity index (χ0n) is 15.4. The van der Waals surface area contributed by atoms with Gasteiger partial charge in [0.1, 0.15) is 0 Å². The van der Waals surface area contributed by atoms with Crippen molar-refractivity contribution in [1.82, 2.24) is 19.7 Å². The second-order valence-electron chi connectivity index (χ2n) is 7.09. The molecule has 4 rings (SSSR count). The number of aliphatic hydroxyl groups excluding tert-OH is 1. The van der Waals surface area contributed by atoms with Gasteiger partial charge in [0, 0.05) is 23.7 Å². The number of nitrogens with one attached hydrogen (secondary N) is 2. The van der Waals surface area contributed by atoms with Gasteiger partial charge in [-0.3, -0.25) is 4.72 Å². The number of hydrogen-bond donors (Lipinski definition) is 3. The molecular formula is C18H22N6O3S. The number of aliphatic hydroxyl groups is 1. The van der Waals surface area contributed by atoms with Gasteiger partial charge in [-0.15, -0.1) is 0 Å². The molecule has 9 nitrogen and oxygen atoms in total. The molecule has 1 aliphatic carbocycles. The third kappa shape index (κ3) is 4.23. The summed E-state index contributed by atoms with van der Waals surface area (Å²) in [7, 11) is -3.37. The fourth-order valence-corrected chi connectivity index (χ4v) is 3.97. The molecular weight excluding hydrogens is 380 g/mol. The maximum atomic E-state index is 11.5. The van der Waals surface area contributed by atoms with Crippen molar-refractivity contribution in [1.29, 1.82) is 0 Å². The van der Waals surface area contributed by atoms with Gasteiger partial charge in [-0.1, -0.05) is 0 Å². The normalized spacial score (nSPS) is 20.2. The van der Waals surface area contributed by atoms with Crippen LogP contribution < -0.4 is 10.0 Å². The topological polar surface area (TPSA) is 122 Å². The molecule has 0 radical (unpaired) electrons. The third-order valence-electron chi connectivity index (χ3n) is 4.76. The molecule has 0 unspecified atom stereocenters. The summed E-state index contributed by atoms with van der Waals surface area (Å²) in [5.74, 6) is 1.09. The summed E-state index contributed by atoms with van der Waals surface area (Å²) in [4.78, 5) is 8.85. The molecule has 1 saturated carbocycles. The van der Waals surface area contributed by atoms with Gasteiger partial charge in [0.15, 0.2) is 5.82 Å². The Balaban J connectivity index is 1.61. The Morgan fingerprint density at radius 1 is 1.18 bits per heavy atom. The van der Waals surface area contributed by atoms with Crippen molar-refractivity contribution in [2.24, 2.45) is 0 Å². The van der Waals surface area contributed by atoms with Gasteiger partial charge in [0.05, 0.1) is 29.8 Å². The number of nitrogens with zero attached hydrogens (tertiary/aromatic N) is 4. The molecule has 148 valence electrons. The summed E-state index contributed by atoms with van der Waals surface area (Å²) in [5.41, 5.74) is 1.20. The summed E-state index contributed by atoms with van der Waals surface area (Å²) in [5, 5.41) is 18.2. The van der Waals surface area contributed by atoms with E-state index in [1.807, 2.05) is 0 Å². The van der Waals surface area contributed by atoms with E-state index in [9.17, 15) is 13.5 Å². The number of hydrogen-bond acceptors (Lipinski definition) is 7. The van der Waals surface area contributed by atoms with Gasteiger partial charge in [0.2, 0.25) is 16.0 Å². The van der Waals surface area contributed by atoms with Gasteiger partial charge in [-0.05, 0) is 43.9 Å². The van der Waals surface area contributed by atoms with E-state index in [0.717, 1.165) is 42.8 Å². The van der Waals surface area contributed by atoms with Crippen LogP contribution in [0.5, 0.6) is 0 Å². The standard InChI is InChI=1S/C18H22N6O3S/c1-28(26,27)23-14-3-2-12-11-20-24(16(12)10-14)17-8-9-19-18(22-17)21-13-4-6-15(25)7-5-13/h2-3,8-11,13,15,23,25H,4-7H2,1H3,(H,19,21,22). The highest BCUT2D eigenvalue weighted by molar-refractivity contribution is 7.92. The van der Waals surface area contributed by atoms with Crippen LogP contribution in [-0.2, 0) is 10.0 Å². The zero-order valence-corrected chi connectivity index (χ0v) is 16.2. The van der Waals surface area contributed by atoms with E-state index in [1.54, 1.807) is 41.3 Å². The summed E-state index contributed by atoms with van der Waals surface area (Å²) in [6, 6.07) is 7.21. The van der Waals surface area contributed by atoms with Crippen LogP contribution in [0.2, 0.25) is 0 Å². The van der Waals surface area contributed by atoms with Crippen molar-refractivity contribution >= 4 is 32.6 Å². The van der Waals surface area contributed by atoms with E-state index in [2.05, 4.69) is 25.1 Å². The second kappa shape index (κ2) is 7.36. The highest BCUT2D eigenvalue weighted by atomic mass is 32.2. The SMILES string of the molecule is CS(=O)(=O)Nc1ccc2cnn(-c3ccnc(NC4CCC(O)CC4)n3)c2c1. The lowest BCUT2D eigenvalue weighted by Crippen LogP contribution is -2.29. The van der Waals surface area contributed by atoms with Crippen LogP contribution in [-0.4, -0.2) is 51.7 Å². The molecule has 0 aliphatic heterocycles. The predicted molar refractivity (Wildman–Crippen MR) is 107 cm³/mol. The first-order valence-corrected chi connectivity index (χ1v) is 11.0. The van der Waals surface area contributed by atoms with E-state index in [4.69, 9.17) is 0 Å². The number of fused-ring (bicyclic) bond motifs is 1. The number of anilines is 2. The molecule has 0 atom stereocenters. The number of aromatic nitrogens is 4. The number of rotatable bonds is 5. The zero-order chi connectivity index (χ0) is 19.7. The summed E-state index contributed by atoms with van der Waals surface area (Å²) in [6.45, 7) is 0. The highest BCUT2D eigenvalue weighted by Crippen LogP contribution is 2.23. The highest BCUT2D eigenvalue weighted by Gasteiger charge is 2.20. The van der Waals surface area contributed by atoms with Crippen LogP contribution in [0.25, 0.3) is 16.7 Å². The molecule has 1 aromatic carbocycles. The Labute approximate surface area is 162 Å². The van der Waals surface area contributed by atoms with E-state index in [0.29, 0.717) is 17.5 Å². The Morgan fingerprint density at radius 2 is 1.96 bits per heavy atom. The summed E-state index contributed by atoms with van der Waals surface area (Å²) >= 11 is 0. The smallest absolute Gasteiger partial charge is 0.229 e. The van der Waals surface area contributed by atoms with Crippen molar-refractivity contribution in [3.05, 3.63) is 36.7 Å². The fourth-order valence-electron chi connectivity index (χ4n) is 3.42. The molecule has 1 fully saturated rings. The van der Waals surface area contributed by atoms with Crippen molar-refractivity contribution in [2.75, 3.05) is 16.3 Å². The van der Waals surface area contributed by atoms with Crippen LogP contribution >= 0.6 is 0 Å².